The lowest BCUT2D eigenvalue weighted by Gasteiger charge is -2.22. The predicted molar refractivity (Wildman–Crippen MR) is 69.8 cm³/mol. The average Bonchev–Trinajstić information content (AvgIpc) is 2.40. The van der Waals surface area contributed by atoms with Gasteiger partial charge >= 0.3 is 5.69 Å². The number of amides is 1. The van der Waals surface area contributed by atoms with Crippen molar-refractivity contribution in [1.82, 2.24) is 19.8 Å². The smallest absolute Gasteiger partial charge is 0.330 e. The Morgan fingerprint density at radius 1 is 1.37 bits per heavy atom. The summed E-state index contributed by atoms with van der Waals surface area (Å²) in [5.74, 6) is -0.0344. The van der Waals surface area contributed by atoms with Gasteiger partial charge in [-0.1, -0.05) is 0 Å². The highest BCUT2D eigenvalue weighted by Gasteiger charge is 2.21. The van der Waals surface area contributed by atoms with Crippen LogP contribution in [0.1, 0.15) is 18.4 Å². The summed E-state index contributed by atoms with van der Waals surface area (Å²) in [4.78, 5) is 35.0. The summed E-state index contributed by atoms with van der Waals surface area (Å²) < 4.78 is 2.43. The minimum atomic E-state index is -0.357. The Morgan fingerprint density at radius 3 is 2.79 bits per heavy atom. The van der Waals surface area contributed by atoms with Gasteiger partial charge in [0.1, 0.15) is 0 Å². The molecule has 1 aromatic rings. The van der Waals surface area contributed by atoms with Crippen LogP contribution in [-0.4, -0.2) is 27.6 Å². The number of carbonyl (C=O) groups excluding carboxylic acids is 1. The van der Waals surface area contributed by atoms with E-state index in [2.05, 4.69) is 10.6 Å². The van der Waals surface area contributed by atoms with Crippen LogP contribution < -0.4 is 21.9 Å². The number of piperidine rings is 1. The van der Waals surface area contributed by atoms with Crippen molar-refractivity contribution in [3.05, 3.63) is 32.6 Å². The van der Waals surface area contributed by atoms with Gasteiger partial charge in [-0.05, 0) is 12.8 Å². The second-order valence-electron chi connectivity index (χ2n) is 4.78. The first-order valence-electron chi connectivity index (χ1n) is 6.27. The lowest BCUT2D eigenvalue weighted by atomic mass is 10.1. The van der Waals surface area contributed by atoms with Gasteiger partial charge in [0.15, 0.2) is 0 Å². The molecule has 1 aliphatic heterocycles. The Balaban J connectivity index is 2.14. The Morgan fingerprint density at radius 2 is 2.11 bits per heavy atom. The molecule has 7 nitrogen and oxygen atoms in total. The lowest BCUT2D eigenvalue weighted by Crippen LogP contribution is -2.49. The maximum atomic E-state index is 11.9. The predicted octanol–water partition coefficient (Wildman–Crippen LogP) is -1.55. The van der Waals surface area contributed by atoms with Crippen LogP contribution in [0.2, 0.25) is 0 Å². The molecule has 1 aromatic heterocycles. The zero-order valence-corrected chi connectivity index (χ0v) is 11.1. The van der Waals surface area contributed by atoms with Gasteiger partial charge in [0.25, 0.3) is 5.56 Å². The number of rotatable bonds is 3. The minimum Gasteiger partial charge on any atom is -0.355 e. The topological polar surface area (TPSA) is 85.1 Å². The van der Waals surface area contributed by atoms with Gasteiger partial charge < -0.3 is 15.2 Å². The fourth-order valence-corrected chi connectivity index (χ4v) is 2.20. The monoisotopic (exact) mass is 266 g/mol. The first kappa shape index (κ1) is 13.5. The van der Waals surface area contributed by atoms with Crippen molar-refractivity contribution in [2.45, 2.75) is 25.4 Å². The van der Waals surface area contributed by atoms with E-state index in [9.17, 15) is 14.4 Å². The Hall–Kier alpha value is -1.89. The first-order chi connectivity index (χ1) is 9.00. The SMILES string of the molecule is Cn1cc(CNC2CCCNC2=O)c(=O)n(C)c1=O. The molecule has 19 heavy (non-hydrogen) atoms. The van der Waals surface area contributed by atoms with Crippen LogP contribution in [0.15, 0.2) is 15.8 Å². The highest BCUT2D eigenvalue weighted by atomic mass is 16.2. The van der Waals surface area contributed by atoms with E-state index >= 15 is 0 Å². The number of carbonyl (C=O) groups is 1. The van der Waals surface area contributed by atoms with Gasteiger partial charge in [0, 0.05) is 38.9 Å². The zero-order chi connectivity index (χ0) is 14.0. The summed E-state index contributed by atoms with van der Waals surface area (Å²) in [6.07, 6.45) is 3.20. The van der Waals surface area contributed by atoms with Crippen LogP contribution >= 0.6 is 0 Å². The molecule has 0 radical (unpaired) electrons. The van der Waals surface area contributed by atoms with Gasteiger partial charge in [-0.25, -0.2) is 4.79 Å². The minimum absolute atomic E-state index is 0.0344. The second-order valence-corrected chi connectivity index (χ2v) is 4.78. The standard InChI is InChI=1S/C12H18N4O3/c1-15-7-8(11(18)16(2)12(15)19)6-14-9-4-3-5-13-10(9)17/h7,9,14H,3-6H2,1-2H3,(H,13,17). The zero-order valence-electron chi connectivity index (χ0n) is 11.1. The molecule has 2 rings (SSSR count). The van der Waals surface area contributed by atoms with E-state index in [1.54, 1.807) is 7.05 Å². The molecule has 1 saturated heterocycles. The average molecular weight is 266 g/mol. The number of aryl methyl sites for hydroxylation is 1. The molecule has 1 fully saturated rings. The molecule has 0 saturated carbocycles. The Labute approximate surface area is 110 Å². The van der Waals surface area contributed by atoms with Crippen molar-refractivity contribution < 1.29 is 4.79 Å². The Bertz CT molecular complexity index is 602. The number of nitrogens with zero attached hydrogens (tertiary/aromatic N) is 2. The quantitative estimate of drug-likeness (QED) is 0.694. The summed E-state index contributed by atoms with van der Waals surface area (Å²) in [5, 5.41) is 5.84. The summed E-state index contributed by atoms with van der Waals surface area (Å²) in [7, 11) is 3.04. The van der Waals surface area contributed by atoms with Crippen molar-refractivity contribution in [3.63, 3.8) is 0 Å². The fourth-order valence-electron chi connectivity index (χ4n) is 2.20. The maximum Gasteiger partial charge on any atom is 0.330 e. The normalized spacial score (nSPS) is 19.3. The van der Waals surface area contributed by atoms with Gasteiger partial charge in [-0.2, -0.15) is 0 Å². The van der Waals surface area contributed by atoms with Gasteiger partial charge in [0.2, 0.25) is 5.91 Å². The molecule has 1 amide bonds. The number of hydrogen-bond acceptors (Lipinski definition) is 4. The number of aromatic nitrogens is 2. The van der Waals surface area contributed by atoms with E-state index < -0.39 is 0 Å². The molecule has 2 N–H and O–H groups in total. The summed E-state index contributed by atoms with van der Waals surface area (Å²) >= 11 is 0. The molecule has 0 bridgehead atoms. The Kier molecular flexibility index (Phi) is 3.84. The van der Waals surface area contributed by atoms with E-state index in [4.69, 9.17) is 0 Å². The summed E-state index contributed by atoms with van der Waals surface area (Å²) in [6.45, 7) is 0.984. The van der Waals surface area contributed by atoms with Crippen LogP contribution in [0.3, 0.4) is 0 Å². The summed E-state index contributed by atoms with van der Waals surface area (Å²) in [5.41, 5.74) is -0.209. The van der Waals surface area contributed by atoms with E-state index in [0.29, 0.717) is 12.1 Å². The van der Waals surface area contributed by atoms with Crippen LogP contribution in [-0.2, 0) is 25.4 Å². The van der Waals surface area contributed by atoms with E-state index in [1.165, 1.54) is 17.8 Å². The molecule has 1 unspecified atom stereocenters. The molecule has 0 aromatic carbocycles. The molecule has 1 atom stereocenters. The first-order valence-corrected chi connectivity index (χ1v) is 6.27. The molecule has 7 heteroatoms. The third kappa shape index (κ3) is 2.76. The third-order valence-electron chi connectivity index (χ3n) is 3.34. The van der Waals surface area contributed by atoms with Crippen molar-refractivity contribution >= 4 is 5.91 Å². The molecule has 2 heterocycles. The van der Waals surface area contributed by atoms with E-state index in [0.717, 1.165) is 17.4 Å². The molecule has 1 aliphatic rings. The van der Waals surface area contributed by atoms with Crippen molar-refractivity contribution in [3.8, 4) is 0 Å². The molecular weight excluding hydrogens is 248 g/mol. The van der Waals surface area contributed by atoms with E-state index in [-0.39, 0.29) is 29.7 Å². The lowest BCUT2D eigenvalue weighted by molar-refractivity contribution is -0.124. The maximum absolute atomic E-state index is 11.9. The van der Waals surface area contributed by atoms with Gasteiger partial charge in [-0.3, -0.25) is 14.2 Å². The van der Waals surface area contributed by atoms with Crippen LogP contribution in [0.4, 0.5) is 0 Å². The highest BCUT2D eigenvalue weighted by Crippen LogP contribution is 2.03. The van der Waals surface area contributed by atoms with Crippen molar-refractivity contribution in [1.29, 1.82) is 0 Å². The molecular formula is C12H18N4O3. The number of hydrogen-bond donors (Lipinski definition) is 2. The summed E-state index contributed by atoms with van der Waals surface area (Å²) in [6, 6.07) is -0.268. The third-order valence-corrected chi connectivity index (χ3v) is 3.34. The van der Waals surface area contributed by atoms with Gasteiger partial charge in [-0.15, -0.1) is 0 Å². The van der Waals surface area contributed by atoms with Gasteiger partial charge in [0.05, 0.1) is 6.04 Å². The highest BCUT2D eigenvalue weighted by molar-refractivity contribution is 5.82. The van der Waals surface area contributed by atoms with E-state index in [1.807, 2.05) is 0 Å². The number of nitrogens with one attached hydrogen (secondary N) is 2. The molecule has 104 valence electrons. The second kappa shape index (κ2) is 5.40. The van der Waals surface area contributed by atoms with Crippen molar-refractivity contribution in [2.24, 2.45) is 14.1 Å². The largest absolute Gasteiger partial charge is 0.355 e. The fraction of sp³-hybridized carbons (Fsp3) is 0.583. The molecule has 0 aliphatic carbocycles. The van der Waals surface area contributed by atoms with Crippen LogP contribution in [0.25, 0.3) is 0 Å². The van der Waals surface area contributed by atoms with Crippen LogP contribution in [0, 0.1) is 0 Å². The van der Waals surface area contributed by atoms with Crippen LogP contribution in [0.5, 0.6) is 0 Å². The van der Waals surface area contributed by atoms with Crippen molar-refractivity contribution in [2.75, 3.05) is 6.54 Å². The molecule has 0 spiro atoms.